The summed E-state index contributed by atoms with van der Waals surface area (Å²) in [6.45, 7) is 0. The van der Waals surface area contributed by atoms with Crippen LogP contribution >= 0.6 is 0 Å². The predicted octanol–water partition coefficient (Wildman–Crippen LogP) is 4.67. The Morgan fingerprint density at radius 3 is 2.30 bits per heavy atom. The first-order valence-corrected chi connectivity index (χ1v) is 8.13. The molecule has 27 heavy (non-hydrogen) atoms. The molecule has 0 unspecified atom stereocenters. The van der Waals surface area contributed by atoms with E-state index in [4.69, 9.17) is 0 Å². The number of para-hydroxylation sites is 1. The van der Waals surface area contributed by atoms with E-state index in [1.54, 1.807) is 36.5 Å². The van der Waals surface area contributed by atoms with Crippen molar-refractivity contribution < 1.29 is 9.72 Å². The average Bonchev–Trinajstić information content (AvgIpc) is 2.70. The summed E-state index contributed by atoms with van der Waals surface area (Å²) < 4.78 is 0. The molecule has 0 saturated carbocycles. The van der Waals surface area contributed by atoms with Gasteiger partial charge in [0.15, 0.2) is 0 Å². The number of urea groups is 1. The molecular weight excluding hydrogens is 344 g/mol. The zero-order chi connectivity index (χ0) is 19.1. The Labute approximate surface area is 155 Å². The molecule has 0 spiro atoms. The highest BCUT2D eigenvalue weighted by molar-refractivity contribution is 6.02. The minimum absolute atomic E-state index is 0.105. The summed E-state index contributed by atoms with van der Waals surface area (Å²) in [5.74, 6) is 0. The fourth-order valence-corrected chi connectivity index (χ4v) is 2.34. The van der Waals surface area contributed by atoms with E-state index < -0.39 is 11.0 Å². The third-order valence-electron chi connectivity index (χ3n) is 3.62. The maximum Gasteiger partial charge on any atom is 0.347 e. The summed E-state index contributed by atoms with van der Waals surface area (Å²) in [6, 6.07) is 23.5. The topological polar surface area (TPSA) is 87.8 Å². The van der Waals surface area contributed by atoms with E-state index in [-0.39, 0.29) is 5.69 Å². The first-order valence-electron chi connectivity index (χ1n) is 8.13. The summed E-state index contributed by atoms with van der Waals surface area (Å²) in [4.78, 5) is 23.1. The summed E-state index contributed by atoms with van der Waals surface area (Å²) in [6.07, 6.45) is 1.57. The van der Waals surface area contributed by atoms with Crippen LogP contribution in [0.1, 0.15) is 5.56 Å². The van der Waals surface area contributed by atoms with E-state index >= 15 is 0 Å². The first kappa shape index (κ1) is 17.8. The minimum Gasteiger partial charge on any atom is -0.306 e. The van der Waals surface area contributed by atoms with E-state index in [1.165, 1.54) is 23.2 Å². The molecule has 3 rings (SSSR count). The number of rotatable bonds is 5. The lowest BCUT2D eigenvalue weighted by Crippen LogP contribution is -2.30. The number of carbonyl (C=O) groups is 1. The highest BCUT2D eigenvalue weighted by Gasteiger charge is 2.16. The van der Waals surface area contributed by atoms with Gasteiger partial charge < -0.3 is 5.32 Å². The molecular formula is C20H16N4O3. The van der Waals surface area contributed by atoms with Crippen LogP contribution in [0.4, 0.5) is 21.9 Å². The molecule has 0 fully saturated rings. The number of amides is 2. The lowest BCUT2D eigenvalue weighted by atomic mass is 10.2. The molecule has 1 N–H and O–H groups in total. The number of hydrogen-bond donors (Lipinski definition) is 1. The highest BCUT2D eigenvalue weighted by atomic mass is 16.6. The fraction of sp³-hybridized carbons (Fsp3) is 0. The van der Waals surface area contributed by atoms with Gasteiger partial charge in [0, 0.05) is 17.8 Å². The molecule has 3 aromatic carbocycles. The van der Waals surface area contributed by atoms with Crippen LogP contribution in [0.15, 0.2) is 90.0 Å². The van der Waals surface area contributed by atoms with Gasteiger partial charge in [0.1, 0.15) is 0 Å². The number of non-ortho nitro benzene ring substituents is 1. The van der Waals surface area contributed by atoms with Gasteiger partial charge in [-0.25, -0.2) is 4.79 Å². The van der Waals surface area contributed by atoms with E-state index in [0.29, 0.717) is 11.4 Å². The number of carbonyl (C=O) groups excluding carboxylic acids is 1. The van der Waals surface area contributed by atoms with E-state index in [1.807, 2.05) is 36.4 Å². The van der Waals surface area contributed by atoms with Crippen LogP contribution in [0.5, 0.6) is 0 Å². The Bertz CT molecular complexity index is 959. The molecule has 0 atom stereocenters. The monoisotopic (exact) mass is 360 g/mol. The van der Waals surface area contributed by atoms with Crippen LogP contribution in [-0.2, 0) is 0 Å². The molecule has 7 nitrogen and oxygen atoms in total. The van der Waals surface area contributed by atoms with Crippen molar-refractivity contribution in [1.29, 1.82) is 0 Å². The van der Waals surface area contributed by atoms with Gasteiger partial charge in [0.05, 0.1) is 16.8 Å². The van der Waals surface area contributed by atoms with Crippen molar-refractivity contribution in [3.8, 4) is 0 Å². The van der Waals surface area contributed by atoms with E-state index in [0.717, 1.165) is 5.56 Å². The lowest BCUT2D eigenvalue weighted by molar-refractivity contribution is -0.384. The number of nitrogens with one attached hydrogen (secondary N) is 1. The summed E-state index contributed by atoms with van der Waals surface area (Å²) in [5.41, 5.74) is 1.60. The standard InChI is InChI=1S/C20H16N4O3/c25-20(22-17-10-7-13-19(14-17)24(26)27)23(18-11-5-2-6-12-18)21-15-16-8-3-1-4-9-16/h1-15H,(H,22,25)/b21-15+. The van der Waals surface area contributed by atoms with Gasteiger partial charge >= 0.3 is 6.03 Å². The Balaban J connectivity index is 1.86. The number of nitrogens with zero attached hydrogens (tertiary/aromatic N) is 3. The maximum absolute atomic E-state index is 12.7. The van der Waals surface area contributed by atoms with Crippen LogP contribution in [-0.4, -0.2) is 17.2 Å². The van der Waals surface area contributed by atoms with Gasteiger partial charge in [-0.3, -0.25) is 10.1 Å². The Hall–Kier alpha value is -4.00. The first-order chi connectivity index (χ1) is 13.1. The number of anilines is 2. The molecule has 0 radical (unpaired) electrons. The second kappa shape index (κ2) is 8.39. The van der Waals surface area contributed by atoms with Crippen molar-refractivity contribution >= 4 is 29.3 Å². The average molecular weight is 360 g/mol. The Morgan fingerprint density at radius 2 is 1.63 bits per heavy atom. The van der Waals surface area contributed by atoms with Gasteiger partial charge in [-0.05, 0) is 23.8 Å². The van der Waals surface area contributed by atoms with Crippen LogP contribution in [0.3, 0.4) is 0 Å². The van der Waals surface area contributed by atoms with Gasteiger partial charge in [-0.1, -0.05) is 54.6 Å². The highest BCUT2D eigenvalue weighted by Crippen LogP contribution is 2.20. The largest absolute Gasteiger partial charge is 0.347 e. The zero-order valence-electron chi connectivity index (χ0n) is 14.2. The molecule has 0 heterocycles. The molecule has 0 bridgehead atoms. The van der Waals surface area contributed by atoms with E-state index in [2.05, 4.69) is 10.4 Å². The molecule has 2 amide bonds. The quantitative estimate of drug-likeness (QED) is 0.407. The Kier molecular flexibility index (Phi) is 5.54. The van der Waals surface area contributed by atoms with E-state index in [9.17, 15) is 14.9 Å². The van der Waals surface area contributed by atoms with Crippen molar-refractivity contribution in [2.75, 3.05) is 10.3 Å². The number of benzene rings is 3. The molecule has 0 aromatic heterocycles. The van der Waals surface area contributed by atoms with Gasteiger partial charge in [-0.15, -0.1) is 0 Å². The molecule has 0 aliphatic rings. The van der Waals surface area contributed by atoms with Crippen molar-refractivity contribution in [1.82, 2.24) is 0 Å². The molecule has 3 aromatic rings. The molecule has 134 valence electrons. The number of hydrogen-bond acceptors (Lipinski definition) is 4. The van der Waals surface area contributed by atoms with Crippen molar-refractivity contribution in [2.24, 2.45) is 5.10 Å². The summed E-state index contributed by atoms with van der Waals surface area (Å²) >= 11 is 0. The predicted molar refractivity (Wildman–Crippen MR) is 105 cm³/mol. The SMILES string of the molecule is O=C(Nc1cccc([N+](=O)[O-])c1)N(/N=C/c1ccccc1)c1ccccc1. The maximum atomic E-state index is 12.7. The second-order valence-electron chi connectivity index (χ2n) is 5.54. The van der Waals surface area contributed by atoms with Crippen molar-refractivity contribution in [2.45, 2.75) is 0 Å². The van der Waals surface area contributed by atoms with Crippen LogP contribution in [0.2, 0.25) is 0 Å². The molecule has 0 aliphatic heterocycles. The third kappa shape index (κ3) is 4.76. The van der Waals surface area contributed by atoms with Crippen LogP contribution in [0, 0.1) is 10.1 Å². The zero-order valence-corrected chi connectivity index (χ0v) is 14.2. The minimum atomic E-state index is -0.533. The molecule has 7 heteroatoms. The summed E-state index contributed by atoms with van der Waals surface area (Å²) in [7, 11) is 0. The number of nitro groups is 1. The number of nitro benzene ring substituents is 1. The third-order valence-corrected chi connectivity index (χ3v) is 3.62. The van der Waals surface area contributed by atoms with Gasteiger partial charge in [-0.2, -0.15) is 10.1 Å². The lowest BCUT2D eigenvalue weighted by Gasteiger charge is -2.17. The Morgan fingerprint density at radius 1 is 0.963 bits per heavy atom. The van der Waals surface area contributed by atoms with Gasteiger partial charge in [0.2, 0.25) is 0 Å². The normalized spacial score (nSPS) is 10.5. The fourth-order valence-electron chi connectivity index (χ4n) is 2.34. The van der Waals surface area contributed by atoms with Crippen molar-refractivity contribution in [3.05, 3.63) is 101 Å². The number of hydrazone groups is 1. The second-order valence-corrected chi connectivity index (χ2v) is 5.54. The molecule has 0 saturated heterocycles. The van der Waals surface area contributed by atoms with Crippen molar-refractivity contribution in [3.63, 3.8) is 0 Å². The van der Waals surface area contributed by atoms with Crippen LogP contribution in [0.25, 0.3) is 0 Å². The summed E-state index contributed by atoms with van der Waals surface area (Å²) in [5, 5.41) is 19.0. The molecule has 0 aliphatic carbocycles. The van der Waals surface area contributed by atoms with Crippen LogP contribution < -0.4 is 10.3 Å². The van der Waals surface area contributed by atoms with Gasteiger partial charge in [0.25, 0.3) is 5.69 Å². The smallest absolute Gasteiger partial charge is 0.306 e.